The van der Waals surface area contributed by atoms with Crippen molar-refractivity contribution >= 4 is 0 Å². The first-order valence-electron chi connectivity index (χ1n) is 7.10. The van der Waals surface area contributed by atoms with Crippen LogP contribution in [0.4, 0.5) is 0 Å². The fraction of sp³-hybridized carbons (Fsp3) is 0.625. The predicted octanol–water partition coefficient (Wildman–Crippen LogP) is 2.66. The van der Waals surface area contributed by atoms with Crippen LogP contribution in [0.15, 0.2) is 18.2 Å². The summed E-state index contributed by atoms with van der Waals surface area (Å²) < 4.78 is 0. The number of aryl methyl sites for hydroxylation is 2. The van der Waals surface area contributed by atoms with Crippen LogP contribution in [0.5, 0.6) is 0 Å². The molecule has 1 saturated carbocycles. The molecule has 2 heteroatoms. The highest BCUT2D eigenvalue weighted by Gasteiger charge is 2.26. The molecule has 1 aliphatic carbocycles. The van der Waals surface area contributed by atoms with Crippen molar-refractivity contribution in [3.63, 3.8) is 0 Å². The van der Waals surface area contributed by atoms with Crippen molar-refractivity contribution in [3.8, 4) is 0 Å². The molecule has 0 aromatic heterocycles. The van der Waals surface area contributed by atoms with Crippen molar-refractivity contribution < 1.29 is 0 Å². The molecule has 1 fully saturated rings. The van der Waals surface area contributed by atoms with Gasteiger partial charge in [-0.05, 0) is 51.3 Å². The Bertz CT molecular complexity index is 400. The molecule has 1 aromatic carbocycles. The van der Waals surface area contributed by atoms with Gasteiger partial charge in [-0.2, -0.15) is 0 Å². The average molecular weight is 246 g/mol. The minimum absolute atomic E-state index is 0.383. The second kappa shape index (κ2) is 5.85. The van der Waals surface area contributed by atoms with E-state index in [1.807, 2.05) is 0 Å². The van der Waals surface area contributed by atoms with E-state index in [-0.39, 0.29) is 0 Å². The Balaban J connectivity index is 1.92. The smallest absolute Gasteiger partial charge is 0.0244 e. The van der Waals surface area contributed by atoms with Gasteiger partial charge in [0.25, 0.3) is 0 Å². The maximum Gasteiger partial charge on any atom is 0.0244 e. The van der Waals surface area contributed by atoms with Gasteiger partial charge in [-0.1, -0.05) is 30.2 Å². The fourth-order valence-corrected chi connectivity index (χ4v) is 3.05. The number of nitrogens with zero attached hydrogens (tertiary/aromatic N) is 1. The minimum atomic E-state index is 0.383. The third kappa shape index (κ3) is 3.12. The largest absolute Gasteiger partial charge is 0.326 e. The Morgan fingerprint density at radius 1 is 1.28 bits per heavy atom. The van der Waals surface area contributed by atoms with Crippen molar-refractivity contribution in [1.29, 1.82) is 0 Å². The van der Waals surface area contributed by atoms with E-state index >= 15 is 0 Å². The summed E-state index contributed by atoms with van der Waals surface area (Å²) in [5.74, 6) is 0. The zero-order valence-corrected chi connectivity index (χ0v) is 11.9. The molecule has 0 bridgehead atoms. The number of hydrogen-bond acceptors (Lipinski definition) is 2. The summed E-state index contributed by atoms with van der Waals surface area (Å²) >= 11 is 0. The minimum Gasteiger partial charge on any atom is -0.326 e. The lowest BCUT2D eigenvalue weighted by atomic mass is 10.0. The summed E-state index contributed by atoms with van der Waals surface area (Å²) in [6, 6.07) is 7.71. The van der Waals surface area contributed by atoms with E-state index in [1.165, 1.54) is 36.0 Å². The first-order valence-corrected chi connectivity index (χ1v) is 7.10. The van der Waals surface area contributed by atoms with E-state index in [1.54, 1.807) is 0 Å². The maximum atomic E-state index is 6.16. The molecule has 2 N–H and O–H groups in total. The Morgan fingerprint density at radius 3 is 2.72 bits per heavy atom. The molecule has 0 saturated heterocycles. The van der Waals surface area contributed by atoms with Gasteiger partial charge in [0.15, 0.2) is 0 Å². The number of hydrogen-bond donors (Lipinski definition) is 1. The second-order valence-corrected chi connectivity index (χ2v) is 5.82. The topological polar surface area (TPSA) is 29.3 Å². The fourth-order valence-electron chi connectivity index (χ4n) is 3.05. The summed E-state index contributed by atoms with van der Waals surface area (Å²) in [4.78, 5) is 2.46. The van der Waals surface area contributed by atoms with Crippen LogP contribution in [0.1, 0.15) is 36.0 Å². The monoisotopic (exact) mass is 246 g/mol. The zero-order chi connectivity index (χ0) is 13.1. The Morgan fingerprint density at radius 2 is 2.06 bits per heavy atom. The van der Waals surface area contributed by atoms with Gasteiger partial charge in [0.05, 0.1) is 0 Å². The first kappa shape index (κ1) is 13.6. The molecule has 0 radical (unpaired) electrons. The lowest BCUT2D eigenvalue weighted by Gasteiger charge is -2.27. The second-order valence-electron chi connectivity index (χ2n) is 5.82. The molecular weight excluding hydrogens is 220 g/mol. The number of likely N-dealkylation sites (N-methyl/N-ethyl adjacent to an activating group) is 1. The average Bonchev–Trinajstić information content (AvgIpc) is 2.76. The lowest BCUT2D eigenvalue weighted by molar-refractivity contribution is 0.231. The van der Waals surface area contributed by atoms with Crippen LogP contribution in [0, 0.1) is 13.8 Å². The molecule has 0 amide bonds. The van der Waals surface area contributed by atoms with E-state index in [4.69, 9.17) is 5.73 Å². The van der Waals surface area contributed by atoms with E-state index in [0.717, 1.165) is 13.0 Å². The van der Waals surface area contributed by atoms with Crippen LogP contribution in [0.2, 0.25) is 0 Å². The van der Waals surface area contributed by atoms with Crippen molar-refractivity contribution in [3.05, 3.63) is 34.9 Å². The highest BCUT2D eigenvalue weighted by molar-refractivity contribution is 5.30. The van der Waals surface area contributed by atoms with Crippen molar-refractivity contribution in [2.45, 2.75) is 51.6 Å². The molecule has 18 heavy (non-hydrogen) atoms. The number of nitrogens with two attached hydrogens (primary N) is 1. The maximum absolute atomic E-state index is 6.16. The van der Waals surface area contributed by atoms with Gasteiger partial charge in [0.1, 0.15) is 0 Å². The third-order valence-electron chi connectivity index (χ3n) is 4.34. The van der Waals surface area contributed by atoms with E-state index < -0.39 is 0 Å². The first-order chi connectivity index (χ1) is 8.58. The molecule has 0 heterocycles. The van der Waals surface area contributed by atoms with Crippen molar-refractivity contribution in [2.24, 2.45) is 5.73 Å². The highest BCUT2D eigenvalue weighted by Crippen LogP contribution is 2.22. The van der Waals surface area contributed by atoms with Crippen LogP contribution in [-0.2, 0) is 6.42 Å². The summed E-state index contributed by atoms with van der Waals surface area (Å²) in [7, 11) is 2.22. The van der Waals surface area contributed by atoms with Gasteiger partial charge >= 0.3 is 0 Å². The van der Waals surface area contributed by atoms with Gasteiger partial charge in [-0.15, -0.1) is 0 Å². The molecule has 100 valence electrons. The summed E-state index contributed by atoms with van der Waals surface area (Å²) in [5.41, 5.74) is 10.4. The molecule has 2 atom stereocenters. The normalized spacial score (nSPS) is 23.8. The van der Waals surface area contributed by atoms with E-state index in [2.05, 4.69) is 44.0 Å². The molecule has 0 spiro atoms. The van der Waals surface area contributed by atoms with Crippen LogP contribution in [0.3, 0.4) is 0 Å². The number of benzene rings is 1. The van der Waals surface area contributed by atoms with Gasteiger partial charge < -0.3 is 10.6 Å². The molecule has 1 aromatic rings. The molecule has 0 aliphatic heterocycles. The SMILES string of the molecule is Cc1ccc(C)c(CCN(C)C2CCCC2N)c1. The van der Waals surface area contributed by atoms with Gasteiger partial charge in [0, 0.05) is 18.6 Å². The third-order valence-corrected chi connectivity index (χ3v) is 4.34. The Labute approximate surface area is 111 Å². The van der Waals surface area contributed by atoms with E-state index in [0.29, 0.717) is 12.1 Å². The quantitative estimate of drug-likeness (QED) is 0.885. The Kier molecular flexibility index (Phi) is 4.41. The molecule has 2 unspecified atom stereocenters. The van der Waals surface area contributed by atoms with Gasteiger partial charge in [-0.25, -0.2) is 0 Å². The van der Waals surface area contributed by atoms with Crippen molar-refractivity contribution in [2.75, 3.05) is 13.6 Å². The molecule has 2 rings (SSSR count). The number of rotatable bonds is 4. The molecule has 2 nitrogen and oxygen atoms in total. The van der Waals surface area contributed by atoms with Crippen molar-refractivity contribution in [1.82, 2.24) is 4.90 Å². The molecular formula is C16H26N2. The van der Waals surface area contributed by atoms with Gasteiger partial charge in [0.2, 0.25) is 0 Å². The summed E-state index contributed by atoms with van der Waals surface area (Å²) in [5, 5.41) is 0. The van der Waals surface area contributed by atoms with Gasteiger partial charge in [-0.3, -0.25) is 0 Å². The van der Waals surface area contributed by atoms with E-state index in [9.17, 15) is 0 Å². The molecule has 1 aliphatic rings. The van der Waals surface area contributed by atoms with Crippen LogP contribution < -0.4 is 5.73 Å². The van der Waals surface area contributed by atoms with Crippen LogP contribution in [0.25, 0.3) is 0 Å². The predicted molar refractivity (Wildman–Crippen MR) is 77.9 cm³/mol. The van der Waals surface area contributed by atoms with Crippen LogP contribution in [-0.4, -0.2) is 30.6 Å². The summed E-state index contributed by atoms with van der Waals surface area (Å²) in [6.45, 7) is 5.48. The Hall–Kier alpha value is -0.860. The zero-order valence-electron chi connectivity index (χ0n) is 11.9. The summed E-state index contributed by atoms with van der Waals surface area (Å²) in [6.07, 6.45) is 4.88. The highest BCUT2D eigenvalue weighted by atomic mass is 15.1. The lowest BCUT2D eigenvalue weighted by Crippen LogP contribution is -2.43. The standard InChI is InChI=1S/C16H26N2/c1-12-7-8-13(2)14(11-12)9-10-18(3)16-6-4-5-15(16)17/h7-8,11,15-16H,4-6,9-10,17H2,1-3H3. The van der Waals surface area contributed by atoms with Crippen LogP contribution >= 0.6 is 0 Å².